The van der Waals surface area contributed by atoms with E-state index in [1.165, 1.54) is 6.92 Å². The summed E-state index contributed by atoms with van der Waals surface area (Å²) in [7, 11) is 0. The van der Waals surface area contributed by atoms with Crippen LogP contribution in [0.15, 0.2) is 54.7 Å². The molecule has 2 aliphatic heterocycles. The number of hydrogen-bond donors (Lipinski definition) is 0. The van der Waals surface area contributed by atoms with E-state index in [9.17, 15) is 15.3 Å². The van der Waals surface area contributed by atoms with Crippen LogP contribution < -0.4 is 4.74 Å². The molecule has 0 radical (unpaired) electrons. The maximum Gasteiger partial charge on any atom is 0.177 e. The van der Waals surface area contributed by atoms with E-state index in [2.05, 4.69) is 12.1 Å². The molecule has 1 fully saturated rings. The molecule has 2 aromatic rings. The van der Waals surface area contributed by atoms with Crippen LogP contribution in [0, 0.1) is 28.1 Å². The van der Waals surface area contributed by atoms with Gasteiger partial charge in [-0.25, -0.2) is 0 Å². The van der Waals surface area contributed by atoms with Gasteiger partial charge in [0, 0.05) is 17.7 Å². The van der Waals surface area contributed by atoms with Crippen molar-refractivity contribution in [3.8, 4) is 17.9 Å². The number of nitriles is 2. The Kier molecular flexibility index (Phi) is 4.60. The molecule has 0 unspecified atom stereocenters. The molecule has 0 amide bonds. The molecular formula is C24H21N3O2. The molecule has 1 saturated heterocycles. The SMILES string of the molecule is CCOc1ccccc1[C@@H]1[C@@H](C(C)=O)N2C=Cc3ccccc3[C@H]2C1(C#N)C#N. The molecule has 29 heavy (non-hydrogen) atoms. The Hall–Kier alpha value is -3.57. The van der Waals surface area contributed by atoms with Crippen molar-refractivity contribution < 1.29 is 9.53 Å². The molecule has 5 nitrogen and oxygen atoms in total. The first-order chi connectivity index (χ1) is 14.1. The van der Waals surface area contributed by atoms with Crippen LogP contribution in [0.25, 0.3) is 6.08 Å². The third-order valence-electron chi connectivity index (χ3n) is 5.91. The molecule has 0 bridgehead atoms. The fraction of sp³-hybridized carbons (Fsp3) is 0.292. The lowest BCUT2D eigenvalue weighted by molar-refractivity contribution is -0.121. The average Bonchev–Trinajstić information content (AvgIpc) is 3.05. The summed E-state index contributed by atoms with van der Waals surface area (Å²) in [6, 6.07) is 18.6. The van der Waals surface area contributed by atoms with Crippen molar-refractivity contribution in [3.05, 3.63) is 71.4 Å². The number of ether oxygens (including phenoxy) is 1. The molecule has 3 atom stereocenters. The fourth-order valence-electron chi connectivity index (χ4n) is 4.82. The van der Waals surface area contributed by atoms with E-state index < -0.39 is 23.4 Å². The van der Waals surface area contributed by atoms with Crippen molar-refractivity contribution in [2.24, 2.45) is 5.41 Å². The monoisotopic (exact) mass is 383 g/mol. The fourth-order valence-corrected chi connectivity index (χ4v) is 4.82. The molecule has 2 aliphatic rings. The summed E-state index contributed by atoms with van der Waals surface area (Å²) >= 11 is 0. The van der Waals surface area contributed by atoms with Crippen LogP contribution in [0.5, 0.6) is 5.75 Å². The molecule has 0 saturated carbocycles. The van der Waals surface area contributed by atoms with Crippen LogP contribution in [0.4, 0.5) is 0 Å². The van der Waals surface area contributed by atoms with Gasteiger partial charge >= 0.3 is 0 Å². The van der Waals surface area contributed by atoms with Crippen LogP contribution in [0.3, 0.4) is 0 Å². The maximum absolute atomic E-state index is 12.9. The van der Waals surface area contributed by atoms with E-state index in [1.807, 2.05) is 72.6 Å². The molecular weight excluding hydrogens is 362 g/mol. The summed E-state index contributed by atoms with van der Waals surface area (Å²) in [5.41, 5.74) is 1.13. The highest BCUT2D eigenvalue weighted by Crippen LogP contribution is 2.60. The molecule has 0 N–H and O–H groups in total. The Balaban J connectivity index is 2.01. The van der Waals surface area contributed by atoms with Crippen LogP contribution in [0.2, 0.25) is 0 Å². The Morgan fingerprint density at radius 3 is 2.41 bits per heavy atom. The zero-order valence-corrected chi connectivity index (χ0v) is 16.4. The van der Waals surface area contributed by atoms with Gasteiger partial charge in [0.25, 0.3) is 0 Å². The van der Waals surface area contributed by atoms with Crippen LogP contribution in [-0.4, -0.2) is 23.3 Å². The number of carbonyl (C=O) groups is 1. The highest BCUT2D eigenvalue weighted by atomic mass is 16.5. The van der Waals surface area contributed by atoms with Crippen molar-refractivity contribution in [3.63, 3.8) is 0 Å². The largest absolute Gasteiger partial charge is 0.494 e. The van der Waals surface area contributed by atoms with Crippen molar-refractivity contribution in [2.75, 3.05) is 6.61 Å². The highest BCUT2D eigenvalue weighted by Gasteiger charge is 2.63. The van der Waals surface area contributed by atoms with Gasteiger partial charge in [-0.15, -0.1) is 0 Å². The summed E-state index contributed by atoms with van der Waals surface area (Å²) in [6.45, 7) is 3.87. The zero-order valence-electron chi connectivity index (χ0n) is 16.4. The first kappa shape index (κ1) is 18.8. The molecule has 2 heterocycles. The lowest BCUT2D eigenvalue weighted by Crippen LogP contribution is -2.36. The number of rotatable bonds is 4. The van der Waals surface area contributed by atoms with E-state index in [-0.39, 0.29) is 5.78 Å². The van der Waals surface area contributed by atoms with Gasteiger partial charge in [-0.1, -0.05) is 42.5 Å². The van der Waals surface area contributed by atoms with Gasteiger partial charge in [0.05, 0.1) is 30.8 Å². The average molecular weight is 383 g/mol. The third-order valence-corrected chi connectivity index (χ3v) is 5.91. The number of fused-ring (bicyclic) bond motifs is 3. The Labute approximate surface area is 170 Å². The first-order valence-corrected chi connectivity index (χ1v) is 9.68. The van der Waals surface area contributed by atoms with Crippen LogP contribution >= 0.6 is 0 Å². The Morgan fingerprint density at radius 2 is 1.76 bits per heavy atom. The van der Waals surface area contributed by atoms with Crippen molar-refractivity contribution in [1.29, 1.82) is 10.5 Å². The van der Waals surface area contributed by atoms with Gasteiger partial charge in [0.2, 0.25) is 0 Å². The summed E-state index contributed by atoms with van der Waals surface area (Å²) in [6.07, 6.45) is 3.80. The van der Waals surface area contributed by atoms with Gasteiger partial charge in [0.15, 0.2) is 11.2 Å². The second-order valence-electron chi connectivity index (χ2n) is 7.39. The molecule has 0 spiro atoms. The van der Waals surface area contributed by atoms with Crippen molar-refractivity contribution in [2.45, 2.75) is 31.8 Å². The lowest BCUT2D eigenvalue weighted by atomic mass is 9.67. The highest BCUT2D eigenvalue weighted by molar-refractivity contribution is 5.85. The molecule has 4 rings (SSSR count). The topological polar surface area (TPSA) is 77.1 Å². The molecule has 2 aromatic carbocycles. The molecule has 144 valence electrons. The lowest BCUT2D eigenvalue weighted by Gasteiger charge is -2.34. The van der Waals surface area contributed by atoms with Gasteiger partial charge in [0.1, 0.15) is 5.75 Å². The van der Waals surface area contributed by atoms with Crippen molar-refractivity contribution in [1.82, 2.24) is 4.90 Å². The quantitative estimate of drug-likeness (QED) is 0.791. The number of Topliss-reactive ketones (excluding diaryl/α,β-unsaturated/α-hetero) is 1. The zero-order chi connectivity index (χ0) is 20.6. The normalized spacial score (nSPS) is 23.4. The minimum Gasteiger partial charge on any atom is -0.494 e. The number of ketones is 1. The smallest absolute Gasteiger partial charge is 0.177 e. The van der Waals surface area contributed by atoms with Crippen LogP contribution in [-0.2, 0) is 4.79 Å². The summed E-state index contributed by atoms with van der Waals surface area (Å²) in [5.74, 6) is -0.112. The summed E-state index contributed by atoms with van der Waals surface area (Å²) < 4.78 is 5.82. The van der Waals surface area contributed by atoms with Gasteiger partial charge in [-0.2, -0.15) is 10.5 Å². The molecule has 0 aliphatic carbocycles. The Bertz CT molecular complexity index is 1060. The predicted octanol–water partition coefficient (Wildman–Crippen LogP) is 4.20. The summed E-state index contributed by atoms with van der Waals surface area (Å²) in [5, 5.41) is 20.7. The predicted molar refractivity (Wildman–Crippen MR) is 109 cm³/mol. The van der Waals surface area contributed by atoms with E-state index in [0.29, 0.717) is 12.4 Å². The minimum absolute atomic E-state index is 0.0808. The maximum atomic E-state index is 12.9. The molecule has 5 heteroatoms. The number of hydrogen-bond acceptors (Lipinski definition) is 5. The molecule has 0 aromatic heterocycles. The number of carbonyl (C=O) groups excluding carboxylic acids is 1. The van der Waals surface area contributed by atoms with E-state index in [1.54, 1.807) is 0 Å². The van der Waals surface area contributed by atoms with Crippen LogP contribution in [0.1, 0.15) is 42.5 Å². The number of benzene rings is 2. The van der Waals surface area contributed by atoms with E-state index in [4.69, 9.17) is 4.74 Å². The third kappa shape index (κ3) is 2.62. The Morgan fingerprint density at radius 1 is 1.10 bits per heavy atom. The van der Waals surface area contributed by atoms with Crippen molar-refractivity contribution >= 4 is 11.9 Å². The van der Waals surface area contributed by atoms with Gasteiger partial charge < -0.3 is 9.64 Å². The van der Waals surface area contributed by atoms with E-state index >= 15 is 0 Å². The number of para-hydroxylation sites is 1. The standard InChI is InChI=1S/C24H21N3O2/c1-3-29-20-11-7-6-10-19(20)21-22(16(2)28)27-13-12-17-8-4-5-9-18(17)23(27)24(21,14-25)15-26/h4-13,21-23H,3H2,1-2H3/t21-,22-,23+/m1/s1. The van der Waals surface area contributed by atoms with E-state index in [0.717, 1.165) is 16.7 Å². The van der Waals surface area contributed by atoms with Gasteiger partial charge in [-0.05, 0) is 37.1 Å². The summed E-state index contributed by atoms with van der Waals surface area (Å²) in [4.78, 5) is 14.7. The first-order valence-electron chi connectivity index (χ1n) is 9.68. The minimum atomic E-state index is -1.44. The second kappa shape index (κ2) is 7.11. The van der Waals surface area contributed by atoms with Gasteiger partial charge in [-0.3, -0.25) is 4.79 Å². The second-order valence-corrected chi connectivity index (χ2v) is 7.39. The number of nitrogens with zero attached hydrogens (tertiary/aromatic N) is 3.